The minimum Gasteiger partial charge on any atom is -0.480 e. The number of hydrogen-bond donors (Lipinski definition) is 10. The topological polar surface area (TPSA) is 265 Å². The van der Waals surface area contributed by atoms with Gasteiger partial charge in [-0.2, -0.15) is 0 Å². The maximum Gasteiger partial charge on any atom is 0.326 e. The van der Waals surface area contributed by atoms with E-state index in [1.54, 1.807) is 24.3 Å². The second kappa shape index (κ2) is 20.2. The zero-order valence-electron chi connectivity index (χ0n) is 23.6. The van der Waals surface area contributed by atoms with Gasteiger partial charge in [0.2, 0.25) is 17.7 Å². The number of nitrogens with one attached hydrogen (secondary N) is 5. The van der Waals surface area contributed by atoms with Crippen molar-refractivity contribution in [3.05, 3.63) is 35.9 Å². The Bertz CT molecular complexity index is 964. The Hall–Kier alpha value is -3.75. The van der Waals surface area contributed by atoms with Crippen molar-refractivity contribution in [2.24, 2.45) is 22.9 Å². The lowest BCUT2D eigenvalue weighted by atomic mass is 10.0. The lowest BCUT2D eigenvalue weighted by Crippen LogP contribution is -2.57. The van der Waals surface area contributed by atoms with Crippen LogP contribution < -0.4 is 44.2 Å². The standard InChI is InChI=1S/C27H47N9O5/c28-14-6-4-12-20(34-23(37)19(30)11-8-16-33-27(31)32)24(38)36-22(17-18-9-2-1-3-10-18)25(39)35-21(26(40)41)13-5-7-15-29/h1-3,9-10,19-22H,4-8,11-17,28-30H2,(H,34,37)(H,35,39)(H,36,38)(H,40,41)(H4,31,32,33)/t19-,20-,21-,22-/m0/s1. The molecule has 0 saturated carbocycles. The first-order valence-electron chi connectivity index (χ1n) is 14.0. The third-order valence-electron chi connectivity index (χ3n) is 6.40. The quantitative estimate of drug-likeness (QED) is 0.0464. The molecule has 0 aliphatic rings. The minimum atomic E-state index is -1.18. The van der Waals surface area contributed by atoms with Crippen LogP contribution in [0.5, 0.6) is 0 Å². The van der Waals surface area contributed by atoms with Crippen molar-refractivity contribution in [1.29, 1.82) is 5.41 Å². The van der Waals surface area contributed by atoms with E-state index in [-0.39, 0.29) is 25.2 Å². The van der Waals surface area contributed by atoms with Crippen LogP contribution in [0.3, 0.4) is 0 Å². The van der Waals surface area contributed by atoms with E-state index < -0.39 is 47.9 Å². The SMILES string of the molecule is N=C(N)NCCC[C@H](N)C(=O)N[C@@H](CCCCN)C(=O)N[C@@H](Cc1ccccc1)C(=O)N[C@@H](CCCCN)C(=O)O. The van der Waals surface area contributed by atoms with Crippen molar-refractivity contribution in [2.45, 2.75) is 82.0 Å². The van der Waals surface area contributed by atoms with Gasteiger partial charge in [0, 0.05) is 13.0 Å². The first-order chi connectivity index (χ1) is 19.6. The molecule has 4 atom stereocenters. The second-order valence-corrected chi connectivity index (χ2v) is 9.87. The average Bonchev–Trinajstić information content (AvgIpc) is 2.94. The number of nitrogens with two attached hydrogens (primary N) is 4. The Morgan fingerprint density at radius 3 is 1.85 bits per heavy atom. The highest BCUT2D eigenvalue weighted by atomic mass is 16.4. The van der Waals surface area contributed by atoms with E-state index in [4.69, 9.17) is 28.3 Å². The van der Waals surface area contributed by atoms with E-state index >= 15 is 0 Å². The molecule has 0 spiro atoms. The summed E-state index contributed by atoms with van der Waals surface area (Å²) in [6, 6.07) is 4.87. The van der Waals surface area contributed by atoms with Gasteiger partial charge in [0.15, 0.2) is 5.96 Å². The molecule has 0 radical (unpaired) electrons. The number of carboxylic acids is 1. The van der Waals surface area contributed by atoms with Crippen LogP contribution in [-0.4, -0.2) is 78.6 Å². The highest BCUT2D eigenvalue weighted by Gasteiger charge is 2.30. The van der Waals surface area contributed by atoms with Gasteiger partial charge in [-0.1, -0.05) is 30.3 Å². The summed E-state index contributed by atoms with van der Waals surface area (Å²) in [6.45, 7) is 1.19. The number of carbonyl (C=O) groups excluding carboxylic acids is 3. The molecule has 0 aliphatic carbocycles. The Balaban J connectivity index is 3.02. The number of benzene rings is 1. The molecule has 14 heteroatoms. The zero-order chi connectivity index (χ0) is 30.6. The van der Waals surface area contributed by atoms with Crippen LogP contribution in [0.1, 0.15) is 56.9 Å². The number of carbonyl (C=O) groups is 4. The molecule has 1 aromatic carbocycles. The molecule has 1 aromatic rings. The Morgan fingerprint density at radius 2 is 1.29 bits per heavy atom. The Labute approximate surface area is 241 Å². The molecule has 14 nitrogen and oxygen atoms in total. The zero-order valence-corrected chi connectivity index (χ0v) is 23.6. The summed E-state index contributed by atoms with van der Waals surface area (Å²) in [5.41, 5.74) is 23.1. The fourth-order valence-corrected chi connectivity index (χ4v) is 4.07. The summed E-state index contributed by atoms with van der Waals surface area (Å²) in [7, 11) is 0. The molecule has 0 aliphatic heterocycles. The third-order valence-corrected chi connectivity index (χ3v) is 6.40. The minimum absolute atomic E-state index is 0.111. The van der Waals surface area contributed by atoms with Gasteiger partial charge in [-0.3, -0.25) is 19.8 Å². The molecule has 3 amide bonds. The van der Waals surface area contributed by atoms with Gasteiger partial charge >= 0.3 is 5.97 Å². The van der Waals surface area contributed by atoms with Crippen molar-refractivity contribution in [3.63, 3.8) is 0 Å². The van der Waals surface area contributed by atoms with Crippen LogP contribution in [0.25, 0.3) is 0 Å². The van der Waals surface area contributed by atoms with Crippen LogP contribution >= 0.6 is 0 Å². The van der Waals surface area contributed by atoms with Gasteiger partial charge in [0.1, 0.15) is 18.1 Å². The number of unbranched alkanes of at least 4 members (excludes halogenated alkanes) is 2. The van der Waals surface area contributed by atoms with E-state index in [0.717, 1.165) is 5.56 Å². The fraction of sp³-hybridized carbons (Fsp3) is 0.593. The number of rotatable bonds is 21. The Morgan fingerprint density at radius 1 is 0.756 bits per heavy atom. The largest absolute Gasteiger partial charge is 0.480 e. The third kappa shape index (κ3) is 15.0. The molecule has 0 saturated heterocycles. The summed E-state index contributed by atoms with van der Waals surface area (Å²) < 4.78 is 0. The summed E-state index contributed by atoms with van der Waals surface area (Å²) in [5.74, 6) is -3.13. The summed E-state index contributed by atoms with van der Waals surface area (Å²) in [5, 5.41) is 27.4. The molecule has 0 unspecified atom stereocenters. The van der Waals surface area contributed by atoms with E-state index in [9.17, 15) is 24.3 Å². The van der Waals surface area contributed by atoms with Crippen LogP contribution in [0.2, 0.25) is 0 Å². The van der Waals surface area contributed by atoms with Gasteiger partial charge in [-0.05, 0) is 70.0 Å². The molecule has 14 N–H and O–H groups in total. The lowest BCUT2D eigenvalue weighted by Gasteiger charge is -2.25. The van der Waals surface area contributed by atoms with E-state index in [1.807, 2.05) is 6.07 Å². The van der Waals surface area contributed by atoms with Crippen LogP contribution in [-0.2, 0) is 25.6 Å². The maximum absolute atomic E-state index is 13.4. The first kappa shape index (κ1) is 35.3. The smallest absolute Gasteiger partial charge is 0.326 e. The number of amides is 3. The van der Waals surface area contributed by atoms with Crippen molar-refractivity contribution in [1.82, 2.24) is 21.3 Å². The van der Waals surface area contributed by atoms with Crippen molar-refractivity contribution in [2.75, 3.05) is 19.6 Å². The monoisotopic (exact) mass is 577 g/mol. The van der Waals surface area contributed by atoms with E-state index in [1.165, 1.54) is 0 Å². The highest BCUT2D eigenvalue weighted by Crippen LogP contribution is 2.09. The lowest BCUT2D eigenvalue weighted by molar-refractivity contribution is -0.142. The van der Waals surface area contributed by atoms with E-state index in [2.05, 4.69) is 21.3 Å². The average molecular weight is 578 g/mol. The fourth-order valence-electron chi connectivity index (χ4n) is 4.07. The van der Waals surface area contributed by atoms with Crippen molar-refractivity contribution >= 4 is 29.7 Å². The molecule has 1 rings (SSSR count). The number of carboxylic acid groups (broad SMARTS) is 1. The summed E-state index contributed by atoms with van der Waals surface area (Å²) in [6.07, 6.45) is 3.65. The van der Waals surface area contributed by atoms with Crippen LogP contribution in [0, 0.1) is 5.41 Å². The molecular weight excluding hydrogens is 530 g/mol. The molecular formula is C27H47N9O5. The number of guanidine groups is 1. The summed E-state index contributed by atoms with van der Waals surface area (Å²) >= 11 is 0. The van der Waals surface area contributed by atoms with Crippen molar-refractivity contribution < 1.29 is 24.3 Å². The molecule has 41 heavy (non-hydrogen) atoms. The second-order valence-electron chi connectivity index (χ2n) is 9.87. The van der Waals surface area contributed by atoms with Crippen LogP contribution in [0.15, 0.2) is 30.3 Å². The van der Waals surface area contributed by atoms with Gasteiger partial charge in [0.05, 0.1) is 6.04 Å². The normalized spacial score (nSPS) is 13.7. The maximum atomic E-state index is 13.4. The number of hydrogen-bond acceptors (Lipinski definition) is 8. The molecule has 0 fully saturated rings. The highest BCUT2D eigenvalue weighted by molar-refractivity contribution is 5.94. The summed E-state index contributed by atoms with van der Waals surface area (Å²) in [4.78, 5) is 51.3. The molecule has 0 bridgehead atoms. The first-order valence-corrected chi connectivity index (χ1v) is 14.0. The molecule has 0 aromatic heterocycles. The van der Waals surface area contributed by atoms with Gasteiger partial charge in [-0.25, -0.2) is 4.79 Å². The molecule has 0 heterocycles. The van der Waals surface area contributed by atoms with Crippen LogP contribution in [0.4, 0.5) is 0 Å². The predicted octanol–water partition coefficient (Wildman–Crippen LogP) is -1.38. The van der Waals surface area contributed by atoms with Crippen molar-refractivity contribution in [3.8, 4) is 0 Å². The molecule has 230 valence electrons. The number of aliphatic carboxylic acids is 1. The van der Waals surface area contributed by atoms with Gasteiger partial charge in [0.25, 0.3) is 0 Å². The van der Waals surface area contributed by atoms with E-state index in [0.29, 0.717) is 58.2 Å². The predicted molar refractivity (Wildman–Crippen MR) is 157 cm³/mol. The Kier molecular flexibility index (Phi) is 17.4. The van der Waals surface area contributed by atoms with Gasteiger partial charge in [-0.15, -0.1) is 0 Å². The van der Waals surface area contributed by atoms with Gasteiger partial charge < -0.3 is 49.3 Å².